The molecule has 0 radical (unpaired) electrons. The van der Waals surface area contributed by atoms with Crippen molar-refractivity contribution in [2.45, 2.75) is 0 Å². The molecule has 0 atom stereocenters. The molecule has 0 aliphatic rings. The Morgan fingerprint density at radius 2 is 1.00 bits per heavy atom. The zero-order valence-corrected chi connectivity index (χ0v) is 2.09. The van der Waals surface area contributed by atoms with E-state index in [4.69, 9.17) is 0 Å². The van der Waals surface area contributed by atoms with Gasteiger partial charge in [0, 0.05) is 0 Å². The average Bonchev–Trinajstić information content (AvgIpc) is 0.722. The number of halogens is 4. The van der Waals surface area contributed by atoms with Crippen molar-refractivity contribution in [3.63, 3.8) is 0 Å². The summed E-state index contributed by atoms with van der Waals surface area (Å²) in [5, 5.41) is 0. The molecule has 0 saturated carbocycles. The van der Waals surface area contributed by atoms with Crippen LogP contribution in [0.3, 0.4) is 0 Å². The molecule has 0 aromatic carbocycles. The quantitative estimate of drug-likeness (QED) is 0.398. The molecule has 0 aliphatic carbocycles. The van der Waals surface area contributed by atoms with Crippen LogP contribution in [0, 0.1) is 0 Å². The molecule has 0 rings (SSSR count). The van der Waals surface area contributed by atoms with Crippen LogP contribution in [0.2, 0.25) is 0 Å². The third-order valence-electron chi connectivity index (χ3n) is 0. The molecule has 7 heteroatoms. The summed E-state index contributed by atoms with van der Waals surface area (Å²) in [7, 11) is -6.00. The van der Waals surface area contributed by atoms with E-state index in [1.165, 1.54) is 0 Å². The summed E-state index contributed by atoms with van der Waals surface area (Å²) in [4.78, 5) is 0. The van der Waals surface area contributed by atoms with Gasteiger partial charge in [-0.3, -0.25) is 0 Å². The maximum Gasteiger partial charge on any atom is 1.00 e. The second-order valence-corrected chi connectivity index (χ2v) is 0.495. The first-order valence-corrected chi connectivity index (χ1v) is 0.873. The first-order valence-electron chi connectivity index (χ1n) is 0.873. The summed E-state index contributed by atoms with van der Waals surface area (Å²) in [6, 6.07) is 0. The molecule has 0 aliphatic heterocycles. The van der Waals surface area contributed by atoms with Gasteiger partial charge < -0.3 is 17.3 Å². The van der Waals surface area contributed by atoms with Crippen LogP contribution in [0.1, 0.15) is 1.43 Å². The van der Waals surface area contributed by atoms with Gasteiger partial charge in [-0.15, -0.1) is 0 Å². The molecule has 0 spiro atoms. The molecule has 0 fully saturated rings. The molecule has 0 saturated heterocycles. The van der Waals surface area contributed by atoms with Crippen LogP contribution in [0.5, 0.6) is 0 Å². The maximum atomic E-state index is 9.75. The summed E-state index contributed by atoms with van der Waals surface area (Å²) in [5.74, 6) is 0. The van der Waals surface area contributed by atoms with Crippen LogP contribution in [0.25, 0.3) is 0 Å². The molecule has 0 heterocycles. The Hall–Kier alpha value is 1.89. The predicted molar refractivity (Wildman–Crippen MR) is 29.8 cm³/mol. The van der Waals surface area contributed by atoms with Crippen molar-refractivity contribution in [1.29, 1.82) is 0 Å². The van der Waals surface area contributed by atoms with Gasteiger partial charge in [0.1, 0.15) is 0 Å². The predicted octanol–water partition coefficient (Wildman–Crippen LogP) is -0.688. The normalized spacial score (nSPS) is 8.57. The number of rotatable bonds is 0. The van der Waals surface area contributed by atoms with Gasteiger partial charge in [0.2, 0.25) is 0 Å². The van der Waals surface area contributed by atoms with E-state index in [-0.39, 0.29) is 67.7 Å². The summed E-state index contributed by atoms with van der Waals surface area (Å²) in [6.07, 6.45) is 0. The van der Waals surface area contributed by atoms with Gasteiger partial charge in [0.15, 0.2) is 17.4 Å². The first-order chi connectivity index (χ1) is 2.00. The summed E-state index contributed by atoms with van der Waals surface area (Å²) in [5.41, 5.74) is 0. The summed E-state index contributed by atoms with van der Waals surface area (Å²) in [6.45, 7) is 0. The van der Waals surface area contributed by atoms with Gasteiger partial charge in [-0.05, 0) is 0 Å². The minimum absolute atomic E-state index is 0. The van der Waals surface area contributed by atoms with E-state index in [0.29, 0.717) is 0 Å². The molecular formula is H6AlBBaF4. The van der Waals surface area contributed by atoms with Crippen molar-refractivity contribution in [1.82, 2.24) is 0 Å². The maximum absolute atomic E-state index is 9.75. The van der Waals surface area contributed by atoms with Gasteiger partial charge in [0.25, 0.3) is 0 Å². The average molecular weight is 257 g/mol. The largest absolute Gasteiger partial charge is 1.00 e. The number of hydrogen-bond donors (Lipinski definition) is 0. The van der Waals surface area contributed by atoms with E-state index in [1.807, 2.05) is 0 Å². The Labute approximate surface area is 90.8 Å². The van der Waals surface area contributed by atoms with E-state index >= 15 is 0 Å². The standard InChI is InChI=1S/Al.BF4.Ba.5H/c;2-1(3,4)5;;;;;;/q;-1;;;;;;/p+1. The van der Waals surface area contributed by atoms with Crippen LogP contribution in [-0.2, 0) is 0 Å². The van der Waals surface area contributed by atoms with Crippen molar-refractivity contribution < 1.29 is 18.7 Å². The monoisotopic (exact) mass is 258 g/mol. The second-order valence-electron chi connectivity index (χ2n) is 0.495. The van der Waals surface area contributed by atoms with Crippen LogP contribution in [-0.4, -0.2) is 73.5 Å². The van der Waals surface area contributed by atoms with Crippen LogP contribution >= 0.6 is 0 Å². The van der Waals surface area contributed by atoms with Gasteiger partial charge in [-0.1, -0.05) is 0 Å². The smallest absolute Gasteiger partial charge is 1.00 e. The fraction of sp³-hybridized carbons (Fsp3) is 0. The van der Waals surface area contributed by atoms with Crippen LogP contribution < -0.4 is 0 Å². The molecule has 0 unspecified atom stereocenters. The van der Waals surface area contributed by atoms with Gasteiger partial charge >= 0.3 is 57.6 Å². The van der Waals surface area contributed by atoms with E-state index in [2.05, 4.69) is 0 Å². The Kier molecular flexibility index (Phi) is 13.7. The van der Waals surface area contributed by atoms with Crippen molar-refractivity contribution in [3.8, 4) is 0 Å². The fourth-order valence-corrected chi connectivity index (χ4v) is 0. The number of hydrogen-bond acceptors (Lipinski definition) is 0. The van der Waals surface area contributed by atoms with E-state index < -0.39 is 7.25 Å². The Bertz CT molecular complexity index is 31.5. The molecule has 0 aromatic heterocycles. The third kappa shape index (κ3) is 76.7. The first kappa shape index (κ1) is 16.0. The fourth-order valence-electron chi connectivity index (χ4n) is 0. The van der Waals surface area contributed by atoms with Gasteiger partial charge in [-0.2, -0.15) is 0 Å². The minimum atomic E-state index is -6.00. The minimum Gasteiger partial charge on any atom is 1.00 e. The topological polar surface area (TPSA) is 0 Å². The van der Waals surface area contributed by atoms with Crippen molar-refractivity contribution in [2.24, 2.45) is 0 Å². The molecule has 0 nitrogen and oxygen atoms in total. The third-order valence-corrected chi connectivity index (χ3v) is 0. The van der Waals surface area contributed by atoms with E-state index in [9.17, 15) is 17.3 Å². The van der Waals surface area contributed by atoms with Gasteiger partial charge in [0.05, 0.1) is 0 Å². The molecule has 0 amide bonds. The van der Waals surface area contributed by atoms with Crippen molar-refractivity contribution in [3.05, 3.63) is 0 Å². The molecule has 0 aromatic rings. The zero-order valence-electron chi connectivity index (χ0n) is 3.09. The van der Waals surface area contributed by atoms with Crippen molar-refractivity contribution in [2.75, 3.05) is 0 Å². The molecule has 0 bridgehead atoms. The van der Waals surface area contributed by atoms with E-state index in [0.717, 1.165) is 0 Å². The summed E-state index contributed by atoms with van der Waals surface area (Å²) < 4.78 is 39.0. The SMILES string of the molecule is F[B-](F)(F)F.[AlH3].[BaH2].[H+]. The van der Waals surface area contributed by atoms with Gasteiger partial charge in [-0.25, -0.2) is 0 Å². The molecule has 0 N–H and O–H groups in total. The van der Waals surface area contributed by atoms with E-state index in [1.54, 1.807) is 0 Å². The molecule has 7 heavy (non-hydrogen) atoms. The van der Waals surface area contributed by atoms with Crippen LogP contribution in [0.4, 0.5) is 17.3 Å². The second kappa shape index (κ2) is 6.02. The Morgan fingerprint density at radius 3 is 1.00 bits per heavy atom. The zero-order chi connectivity index (χ0) is 4.50. The molecular weight excluding hydrogens is 251 g/mol. The Morgan fingerprint density at radius 1 is 1.00 bits per heavy atom. The van der Waals surface area contributed by atoms with Crippen LogP contribution in [0.15, 0.2) is 0 Å². The van der Waals surface area contributed by atoms with Crippen molar-refractivity contribution >= 4 is 73.5 Å². The molecule has 42 valence electrons. The Balaban J connectivity index is -0.0000000267. The summed E-state index contributed by atoms with van der Waals surface area (Å²) >= 11 is 0.